The van der Waals surface area contributed by atoms with Gasteiger partial charge in [-0.05, 0) is 218 Å². The smallest absolute Gasteiger partial charge is 0.392 e. The van der Waals surface area contributed by atoms with Crippen molar-refractivity contribution in [2.75, 3.05) is 39.3 Å². The maximum Gasteiger partial charge on any atom is 0.737 e. The van der Waals surface area contributed by atoms with E-state index in [-0.39, 0.29) is 83.1 Å². The minimum absolute atomic E-state index is 0.0176. The highest BCUT2D eigenvalue weighted by molar-refractivity contribution is 14.1. The van der Waals surface area contributed by atoms with E-state index < -0.39 is 96.5 Å². The first-order valence-corrected chi connectivity index (χ1v) is 35.2. The molecule has 33 heteroatoms. The van der Waals surface area contributed by atoms with E-state index in [0.29, 0.717) is 117 Å². The zero-order valence-corrected chi connectivity index (χ0v) is 60.1. The van der Waals surface area contributed by atoms with Crippen molar-refractivity contribution in [1.82, 2.24) is 56.3 Å². The van der Waals surface area contributed by atoms with Crippen LogP contribution < -0.4 is 72.0 Å². The zero-order valence-electron chi connectivity index (χ0n) is 55.8. The van der Waals surface area contributed by atoms with E-state index in [1.165, 1.54) is 18.5 Å². The second-order valence-corrected chi connectivity index (χ2v) is 27.3. The van der Waals surface area contributed by atoms with Gasteiger partial charge >= 0.3 is 6.97 Å². The number of rotatable bonds is 38. The van der Waals surface area contributed by atoms with Crippen LogP contribution in [0.1, 0.15) is 153 Å². The molecule has 0 saturated carbocycles. The van der Waals surface area contributed by atoms with Gasteiger partial charge in [0.25, 0.3) is 0 Å². The van der Waals surface area contributed by atoms with Gasteiger partial charge in [0, 0.05) is 40.4 Å². The molecule has 0 aliphatic carbocycles. The van der Waals surface area contributed by atoms with Crippen LogP contribution in [0.3, 0.4) is 0 Å². The topological polar surface area (TPSA) is 445 Å². The van der Waals surface area contributed by atoms with E-state index >= 15 is 8.63 Å². The number of guanidine groups is 1. The third-order valence-electron chi connectivity index (χ3n) is 17.7. The number of carbonyl (C=O) groups excluding carboxylic acids is 8. The number of nitrogens with one attached hydrogen (secondary N) is 6. The number of hydrogen-bond acceptors (Lipinski definition) is 15. The first kappa shape index (κ1) is 78.0. The van der Waals surface area contributed by atoms with E-state index in [4.69, 9.17) is 40.1 Å². The van der Waals surface area contributed by atoms with Crippen LogP contribution in [0.25, 0.3) is 16.8 Å². The maximum absolute atomic E-state index is 16.6. The SMILES string of the molecule is CC1=C(I)C(C)=[N+]2C1=C(c1ccc(-c3cn(CC(=O)N4CCC[C@H]4C(=O)N[C@@H](CCCCN)C(=O)N[C@@H](CCCCN)C(=O)N[C@@H](CCCCN)C(=O)N[C@@H](CCCN=C(N)N)C(=O)N[C@@H](CCCCN)C(=O)N[C@H](C(N)=O)C(C)C)nn3)cc1)c1c(C)c(I)c(C)n1[B-]2(F)F. The number of allylic oxidation sites excluding steroid dienone is 2. The molecule has 96 heavy (non-hydrogen) atoms. The van der Waals surface area contributed by atoms with E-state index in [2.05, 4.69) is 92.4 Å². The lowest BCUT2D eigenvalue weighted by Gasteiger charge is -2.33. The Balaban J connectivity index is 1.16. The van der Waals surface area contributed by atoms with Gasteiger partial charge < -0.3 is 94.5 Å². The number of hydrogen-bond donors (Lipinski definition) is 13. The lowest BCUT2D eigenvalue weighted by atomic mass is 9.83. The third kappa shape index (κ3) is 19.7. The summed E-state index contributed by atoms with van der Waals surface area (Å²) in [6, 6.07) is -0.747. The second kappa shape index (κ2) is 36.6. The number of aromatic nitrogens is 4. The number of halogens is 4. The number of fused-ring (bicyclic) bond motifs is 2. The minimum Gasteiger partial charge on any atom is -0.392 e. The number of carbonyl (C=O) groups is 8. The molecule has 28 nitrogen and oxygen atoms in total. The fraction of sp³-hybridized carbons (Fsp3) is 0.587. The van der Waals surface area contributed by atoms with Gasteiger partial charge in [0.15, 0.2) is 11.7 Å². The Morgan fingerprint density at radius 2 is 1.12 bits per heavy atom. The lowest BCUT2D eigenvalue weighted by molar-refractivity contribution is -0.363. The van der Waals surface area contributed by atoms with Gasteiger partial charge in [0.2, 0.25) is 47.3 Å². The summed E-state index contributed by atoms with van der Waals surface area (Å²) < 4.78 is 38.6. The van der Waals surface area contributed by atoms with Gasteiger partial charge in [-0.25, -0.2) is 4.68 Å². The normalized spacial score (nSPS) is 16.9. The van der Waals surface area contributed by atoms with Gasteiger partial charge in [0.1, 0.15) is 60.2 Å². The predicted molar refractivity (Wildman–Crippen MR) is 381 cm³/mol. The monoisotopic (exact) mass is 1560 g/mol. The average Bonchev–Trinajstić information content (AvgIpc) is 1.52. The van der Waals surface area contributed by atoms with Crippen molar-refractivity contribution in [3.63, 3.8) is 0 Å². The van der Waals surface area contributed by atoms with E-state index in [9.17, 15) is 38.4 Å². The highest BCUT2D eigenvalue weighted by Gasteiger charge is 2.57. The molecule has 20 N–H and O–H groups in total. The predicted octanol–water partition coefficient (Wildman–Crippen LogP) is 1.77. The molecular weight excluding hydrogens is 1470 g/mol. The van der Waals surface area contributed by atoms with Crippen LogP contribution in [0.15, 0.2) is 50.3 Å². The molecule has 2 aromatic heterocycles. The molecule has 5 heterocycles. The Morgan fingerprint density at radius 3 is 1.58 bits per heavy atom. The summed E-state index contributed by atoms with van der Waals surface area (Å²) >= 11 is 4.28. The van der Waals surface area contributed by atoms with Crippen molar-refractivity contribution >= 4 is 117 Å². The Labute approximate surface area is 586 Å². The summed E-state index contributed by atoms with van der Waals surface area (Å²) in [5, 5.41) is 25.2. The molecule has 0 radical (unpaired) electrons. The molecule has 0 spiro atoms. The van der Waals surface area contributed by atoms with Gasteiger partial charge in [-0.3, -0.25) is 43.3 Å². The third-order valence-corrected chi connectivity index (χ3v) is 20.8. The Bertz CT molecular complexity index is 3430. The van der Waals surface area contributed by atoms with Gasteiger partial charge in [-0.1, -0.05) is 43.3 Å². The molecule has 528 valence electrons. The molecule has 8 amide bonds. The van der Waals surface area contributed by atoms with Crippen LogP contribution >= 0.6 is 45.2 Å². The number of primary amides is 1. The highest BCUT2D eigenvalue weighted by atomic mass is 127. The fourth-order valence-electron chi connectivity index (χ4n) is 12.4. The van der Waals surface area contributed by atoms with Crippen LogP contribution in [0.2, 0.25) is 0 Å². The maximum atomic E-state index is 16.6. The summed E-state index contributed by atoms with van der Waals surface area (Å²) in [5.41, 5.74) is 46.1. The average molecular weight is 1570 g/mol. The lowest BCUT2D eigenvalue weighted by Crippen LogP contribution is -2.60. The van der Waals surface area contributed by atoms with Gasteiger partial charge in [-0.2, -0.15) is 0 Å². The fourth-order valence-corrected chi connectivity index (χ4v) is 13.5. The van der Waals surface area contributed by atoms with E-state index in [1.807, 2.05) is 38.1 Å². The second-order valence-electron chi connectivity index (χ2n) is 25.1. The number of aliphatic imine (C=N–C) groups is 1. The Hall–Kier alpha value is -6.96. The summed E-state index contributed by atoms with van der Waals surface area (Å²) in [7, 11) is 0. The van der Waals surface area contributed by atoms with E-state index in [0.717, 1.165) is 23.9 Å². The van der Waals surface area contributed by atoms with Crippen LogP contribution in [-0.2, 0) is 44.9 Å². The Morgan fingerprint density at radius 1 is 0.667 bits per heavy atom. The van der Waals surface area contributed by atoms with Crippen molar-refractivity contribution in [3.8, 4) is 11.3 Å². The first-order valence-electron chi connectivity index (χ1n) is 33.0. The molecule has 1 saturated heterocycles. The summed E-state index contributed by atoms with van der Waals surface area (Å²) in [6.07, 6.45) is 6.54. The quantitative estimate of drug-likeness (QED) is 0.0128. The first-order chi connectivity index (χ1) is 45.6. The minimum atomic E-state index is -4.19. The van der Waals surface area contributed by atoms with Crippen molar-refractivity contribution in [2.45, 2.75) is 193 Å². The summed E-state index contributed by atoms with van der Waals surface area (Å²) in [6.45, 7) is 7.61. The number of nitrogens with zero attached hydrogens (tertiary/aromatic N) is 7. The van der Waals surface area contributed by atoms with E-state index in [1.54, 1.807) is 33.9 Å². The molecule has 0 bridgehead atoms. The molecule has 0 unspecified atom stereocenters. The van der Waals surface area contributed by atoms with Crippen molar-refractivity contribution in [3.05, 3.63) is 71.4 Å². The van der Waals surface area contributed by atoms with Crippen LogP contribution in [-0.4, -0.2) is 176 Å². The van der Waals surface area contributed by atoms with Crippen LogP contribution in [0.5, 0.6) is 0 Å². The number of unbranched alkanes of at least 4 members (excludes halogenated alkanes) is 4. The number of amides is 8. The number of benzene rings is 1. The Kier molecular flexibility index (Phi) is 29.7. The summed E-state index contributed by atoms with van der Waals surface area (Å²) in [5.74, 6) is -5.94. The summed E-state index contributed by atoms with van der Waals surface area (Å²) in [4.78, 5) is 118. The number of nitrogens with two attached hydrogens (primary N) is 7. The largest absolute Gasteiger partial charge is 0.737 e. The molecule has 6 rings (SSSR count). The number of likely N-dealkylation sites (tertiary alicyclic amines) is 1. The van der Waals surface area contributed by atoms with Crippen LogP contribution in [0.4, 0.5) is 8.63 Å². The molecule has 7 atom stereocenters. The zero-order chi connectivity index (χ0) is 70.7. The van der Waals surface area contributed by atoms with Crippen molar-refractivity contribution in [2.24, 2.45) is 51.0 Å². The molecule has 1 aromatic carbocycles. The van der Waals surface area contributed by atoms with Crippen molar-refractivity contribution in [1.29, 1.82) is 0 Å². The molecule has 1 fully saturated rings. The van der Waals surface area contributed by atoms with Crippen LogP contribution in [0, 0.1) is 23.3 Å². The van der Waals surface area contributed by atoms with Gasteiger partial charge in [-0.15, -0.1) is 5.10 Å². The molecule has 3 aliphatic heterocycles. The molecular formula is C63H97BF2I2N20O8. The standard InChI is InChI=1S/C63H97BF2I2N20O8/c1-35(2)53(56(73)90)82-61(95)45(20-10-14-30-72)79-60(94)46(21-15-31-76-63(74)75)80-58(92)43(18-8-12-28-70)77-57(91)42(17-7-11-27-69)78-59(93)44(19-9-13-29-71)81-62(96)48-22-16-32-86(48)49(89)34-85-33-47(83-84-85)40-23-25-41(26-24-40)50-54-36(3)51(67)38(5)87(54)64(65,66)88-39(6)52(68)37(4)55(50)88/h23-26,33,35,42-46,48,53H,7-22,27-32,34,69-72H2,1-6H3,(H2,73,90)(H,77,91)(H,78,93)(H,79,94)(H,80,92)(H,81,96)(H,82,95)(H4,74,75,76)/t42-,43-,44-,45-,46-,48-,53-/m0/s1. The molecule has 3 aliphatic rings. The highest BCUT2D eigenvalue weighted by Crippen LogP contribution is 2.48. The molecule has 3 aromatic rings. The van der Waals surface area contributed by atoms with Crippen molar-refractivity contribution < 1.29 is 51.5 Å². The van der Waals surface area contributed by atoms with Gasteiger partial charge in [0.05, 0.1) is 15.3 Å².